The zero-order chi connectivity index (χ0) is 14.0. The first kappa shape index (κ1) is 13.8. The van der Waals surface area contributed by atoms with E-state index in [1.807, 2.05) is 13.0 Å². The molecule has 6 nitrogen and oxygen atoms in total. The monoisotopic (exact) mass is 284 g/mol. The predicted molar refractivity (Wildman–Crippen MR) is 70.9 cm³/mol. The fourth-order valence-electron chi connectivity index (χ4n) is 1.95. The lowest BCUT2D eigenvalue weighted by Gasteiger charge is -2.26. The summed E-state index contributed by atoms with van der Waals surface area (Å²) in [6, 6.07) is 0.815. The molecule has 2 heterocycles. The van der Waals surface area contributed by atoms with Crippen LogP contribution < -0.4 is 0 Å². The van der Waals surface area contributed by atoms with Crippen molar-refractivity contribution in [2.45, 2.75) is 19.5 Å². The predicted octanol–water partition coefficient (Wildman–Crippen LogP) is 1.60. The molecule has 0 bridgehead atoms. The Hall–Kier alpha value is -1.63. The molecule has 104 valence electrons. The summed E-state index contributed by atoms with van der Waals surface area (Å²) in [7, 11) is 1.66. The van der Waals surface area contributed by atoms with Crippen molar-refractivity contribution >= 4 is 23.8 Å². The van der Waals surface area contributed by atoms with E-state index in [0.29, 0.717) is 18.2 Å². The van der Waals surface area contributed by atoms with Crippen LogP contribution in [0, 0.1) is 6.92 Å². The summed E-state index contributed by atoms with van der Waals surface area (Å²) in [6.45, 7) is 2.24. The normalized spacial score (nSPS) is 18.6. The van der Waals surface area contributed by atoms with Crippen molar-refractivity contribution in [1.29, 1.82) is 0 Å². The molecule has 1 fully saturated rings. The topological polar surface area (TPSA) is 74.0 Å². The molecule has 1 aromatic rings. The Bertz CT molecular complexity index is 488. The number of carboxylic acids is 1. The molecule has 1 aliphatic heterocycles. The van der Waals surface area contributed by atoms with Crippen LogP contribution in [0.2, 0.25) is 0 Å². The molecule has 2 amide bonds. The first-order chi connectivity index (χ1) is 9.00. The van der Waals surface area contributed by atoms with Crippen molar-refractivity contribution in [2.75, 3.05) is 18.7 Å². The number of rotatable bonds is 3. The number of hydrogen-bond acceptors (Lipinski definition) is 4. The molecule has 19 heavy (non-hydrogen) atoms. The lowest BCUT2D eigenvalue weighted by Crippen LogP contribution is -2.47. The van der Waals surface area contributed by atoms with Gasteiger partial charge in [-0.25, -0.2) is 9.59 Å². The van der Waals surface area contributed by atoms with E-state index < -0.39 is 12.0 Å². The minimum Gasteiger partial charge on any atom is -0.480 e. The Balaban J connectivity index is 2.03. The molecule has 0 saturated carbocycles. The Labute approximate surface area is 115 Å². The average molecular weight is 284 g/mol. The van der Waals surface area contributed by atoms with Gasteiger partial charge < -0.3 is 19.3 Å². The van der Waals surface area contributed by atoms with Crippen molar-refractivity contribution in [3.8, 4) is 0 Å². The Kier molecular flexibility index (Phi) is 4.04. The number of furan rings is 1. The maximum Gasteiger partial charge on any atom is 0.327 e. The van der Waals surface area contributed by atoms with Gasteiger partial charge in [0.25, 0.3) is 0 Å². The maximum absolute atomic E-state index is 12.2. The molecule has 1 saturated heterocycles. The number of carboxylic acid groups (broad SMARTS) is 1. The van der Waals surface area contributed by atoms with Crippen LogP contribution in [0.25, 0.3) is 0 Å². The van der Waals surface area contributed by atoms with Gasteiger partial charge in [-0.15, -0.1) is 11.8 Å². The van der Waals surface area contributed by atoms with Crippen LogP contribution in [0.3, 0.4) is 0 Å². The molecule has 1 atom stereocenters. The zero-order valence-electron chi connectivity index (χ0n) is 10.8. The van der Waals surface area contributed by atoms with Crippen LogP contribution in [0.5, 0.6) is 0 Å². The van der Waals surface area contributed by atoms with E-state index in [-0.39, 0.29) is 6.03 Å². The Morgan fingerprint density at radius 3 is 2.95 bits per heavy atom. The highest BCUT2D eigenvalue weighted by Gasteiger charge is 2.36. The van der Waals surface area contributed by atoms with Gasteiger partial charge in [-0.2, -0.15) is 0 Å². The summed E-state index contributed by atoms with van der Waals surface area (Å²) < 4.78 is 5.18. The van der Waals surface area contributed by atoms with Crippen molar-refractivity contribution in [3.63, 3.8) is 0 Å². The number of carbonyl (C=O) groups is 2. The molecule has 0 spiro atoms. The van der Waals surface area contributed by atoms with Crippen molar-refractivity contribution in [2.24, 2.45) is 0 Å². The summed E-state index contributed by atoms with van der Waals surface area (Å²) in [5.41, 5.74) is 0.926. The fraction of sp³-hybridized carbons (Fsp3) is 0.500. The van der Waals surface area contributed by atoms with E-state index in [0.717, 1.165) is 11.3 Å². The van der Waals surface area contributed by atoms with Gasteiger partial charge in [0, 0.05) is 18.4 Å². The molecule has 1 aromatic heterocycles. The van der Waals surface area contributed by atoms with E-state index >= 15 is 0 Å². The van der Waals surface area contributed by atoms with Crippen molar-refractivity contribution in [3.05, 3.63) is 23.7 Å². The molecular weight excluding hydrogens is 268 g/mol. The minimum absolute atomic E-state index is 0.266. The number of nitrogens with zero attached hydrogens (tertiary/aromatic N) is 2. The second kappa shape index (κ2) is 5.56. The molecule has 0 aliphatic carbocycles. The summed E-state index contributed by atoms with van der Waals surface area (Å²) in [5.74, 6) is 0.681. The fourth-order valence-corrected chi connectivity index (χ4v) is 3.09. The van der Waals surface area contributed by atoms with Crippen LogP contribution in [-0.4, -0.2) is 51.6 Å². The number of hydrogen-bond donors (Lipinski definition) is 1. The maximum atomic E-state index is 12.2. The van der Waals surface area contributed by atoms with Crippen LogP contribution in [0.15, 0.2) is 16.7 Å². The number of aliphatic carboxylic acids is 1. The molecule has 1 unspecified atom stereocenters. The van der Waals surface area contributed by atoms with Crippen molar-refractivity contribution < 1.29 is 19.1 Å². The highest BCUT2D eigenvalue weighted by Crippen LogP contribution is 2.23. The Morgan fingerprint density at radius 2 is 2.37 bits per heavy atom. The van der Waals surface area contributed by atoms with Gasteiger partial charge in [0.15, 0.2) is 0 Å². The van der Waals surface area contributed by atoms with E-state index in [4.69, 9.17) is 9.52 Å². The molecule has 1 N–H and O–H groups in total. The van der Waals surface area contributed by atoms with Gasteiger partial charge in [0.1, 0.15) is 11.8 Å². The smallest absolute Gasteiger partial charge is 0.327 e. The lowest BCUT2D eigenvalue weighted by atomic mass is 10.2. The molecule has 0 aromatic carbocycles. The highest BCUT2D eigenvalue weighted by atomic mass is 32.2. The van der Waals surface area contributed by atoms with E-state index in [9.17, 15) is 9.59 Å². The number of carbonyl (C=O) groups excluding carboxylic acids is 1. The summed E-state index contributed by atoms with van der Waals surface area (Å²) in [4.78, 5) is 26.2. The van der Waals surface area contributed by atoms with Gasteiger partial charge in [-0.1, -0.05) is 0 Å². The average Bonchev–Trinajstić information content (AvgIpc) is 2.98. The third kappa shape index (κ3) is 2.86. The number of urea groups is 1. The highest BCUT2D eigenvalue weighted by molar-refractivity contribution is 7.99. The van der Waals surface area contributed by atoms with Crippen LogP contribution in [0.4, 0.5) is 4.79 Å². The molecule has 7 heteroatoms. The number of thioether (sulfide) groups is 1. The molecular formula is C12H16N2O4S. The van der Waals surface area contributed by atoms with Gasteiger partial charge in [0.05, 0.1) is 18.7 Å². The number of amides is 2. The Morgan fingerprint density at radius 1 is 1.63 bits per heavy atom. The second-order valence-electron chi connectivity index (χ2n) is 4.46. The zero-order valence-corrected chi connectivity index (χ0v) is 11.6. The van der Waals surface area contributed by atoms with Crippen LogP contribution in [-0.2, 0) is 11.3 Å². The standard InChI is InChI=1S/C12H16N2O4S/c1-8-9(3-4-18-8)5-13(2)12(17)14-7-19-6-10(14)11(15)16/h3-4,10H,5-7H2,1-2H3,(H,15,16). The van der Waals surface area contributed by atoms with Crippen molar-refractivity contribution in [1.82, 2.24) is 9.80 Å². The van der Waals surface area contributed by atoms with E-state index in [1.54, 1.807) is 13.3 Å². The lowest BCUT2D eigenvalue weighted by molar-refractivity contribution is -0.140. The van der Waals surface area contributed by atoms with Gasteiger partial charge >= 0.3 is 12.0 Å². The summed E-state index contributed by atoms with van der Waals surface area (Å²) in [5, 5.41) is 9.07. The van der Waals surface area contributed by atoms with E-state index in [2.05, 4.69) is 0 Å². The molecule has 0 radical (unpaired) electrons. The third-order valence-electron chi connectivity index (χ3n) is 3.11. The third-order valence-corrected chi connectivity index (χ3v) is 4.13. The number of aryl methyl sites for hydroxylation is 1. The molecule has 1 aliphatic rings. The SMILES string of the molecule is Cc1occc1CN(C)C(=O)N1CSCC1C(=O)O. The second-order valence-corrected chi connectivity index (χ2v) is 5.46. The minimum atomic E-state index is -0.953. The quantitative estimate of drug-likeness (QED) is 0.912. The van der Waals surface area contributed by atoms with Crippen LogP contribution in [0.1, 0.15) is 11.3 Å². The van der Waals surface area contributed by atoms with E-state index in [1.165, 1.54) is 21.6 Å². The summed E-state index contributed by atoms with van der Waals surface area (Å²) >= 11 is 1.45. The first-order valence-corrected chi connectivity index (χ1v) is 7.01. The first-order valence-electron chi connectivity index (χ1n) is 5.86. The summed E-state index contributed by atoms with van der Waals surface area (Å²) in [6.07, 6.45) is 1.58. The van der Waals surface area contributed by atoms with Gasteiger partial charge in [-0.05, 0) is 13.0 Å². The largest absolute Gasteiger partial charge is 0.480 e. The van der Waals surface area contributed by atoms with Crippen LogP contribution >= 0.6 is 11.8 Å². The van der Waals surface area contributed by atoms with Gasteiger partial charge in [-0.3, -0.25) is 0 Å². The molecule has 2 rings (SSSR count). The van der Waals surface area contributed by atoms with Gasteiger partial charge in [0.2, 0.25) is 0 Å².